The minimum atomic E-state index is -0.527. The molecule has 0 N–H and O–H groups in total. The summed E-state index contributed by atoms with van der Waals surface area (Å²) in [5.41, 5.74) is 17.5. The van der Waals surface area contributed by atoms with Gasteiger partial charge in [-0.15, -0.1) is 42.0 Å². The van der Waals surface area contributed by atoms with Gasteiger partial charge in [0.2, 0.25) is 0 Å². The van der Waals surface area contributed by atoms with E-state index in [0.717, 1.165) is 50.9 Å². The summed E-state index contributed by atoms with van der Waals surface area (Å²) in [6.45, 7) is 27.0. The third kappa shape index (κ3) is 6.53. The van der Waals surface area contributed by atoms with Crippen LogP contribution in [0.4, 0.5) is 0 Å². The van der Waals surface area contributed by atoms with Crippen LogP contribution >= 0.6 is 0 Å². The van der Waals surface area contributed by atoms with Gasteiger partial charge in [0.15, 0.2) is 0 Å². The van der Waals surface area contributed by atoms with Gasteiger partial charge in [0, 0.05) is 18.1 Å². The van der Waals surface area contributed by atoms with E-state index < -0.39 is 11.1 Å². The van der Waals surface area contributed by atoms with E-state index in [1.54, 1.807) is 0 Å². The average molecular weight is 957 g/mol. The molecule has 0 fully saturated rings. The molecule has 1 aliphatic heterocycles. The second-order valence-corrected chi connectivity index (χ2v) is 19.0. The molecule has 0 bridgehead atoms. The molecule has 3 heterocycles. The Hall–Kier alpha value is -4.79. The van der Waals surface area contributed by atoms with Crippen LogP contribution in [0.1, 0.15) is 124 Å². The molecule has 1 aliphatic carbocycles. The van der Waals surface area contributed by atoms with E-state index >= 15 is 0 Å². The van der Waals surface area contributed by atoms with Crippen molar-refractivity contribution in [2.75, 3.05) is 0 Å². The zero-order chi connectivity index (χ0) is 41.1. The number of aryl methyl sites for hydroxylation is 2. The molecular weight excluding hydrogens is 902 g/mol. The van der Waals surface area contributed by atoms with Gasteiger partial charge in [-0.05, 0) is 131 Å². The van der Waals surface area contributed by atoms with Crippen molar-refractivity contribution in [1.29, 1.82) is 0 Å². The number of ether oxygens (including phenoxy) is 1. The van der Waals surface area contributed by atoms with E-state index in [4.69, 9.17) is 14.7 Å². The molecule has 0 unspecified atom stereocenters. The van der Waals surface area contributed by atoms with Gasteiger partial charge in [-0.2, -0.15) is 0 Å². The number of aromatic nitrogens is 2. The maximum absolute atomic E-state index is 7.16. The van der Waals surface area contributed by atoms with Crippen LogP contribution in [-0.2, 0) is 43.2 Å². The Labute approximate surface area is 365 Å². The number of hydrogen-bond donors (Lipinski definition) is 0. The van der Waals surface area contributed by atoms with E-state index in [0.29, 0.717) is 17.7 Å². The van der Waals surface area contributed by atoms with Gasteiger partial charge in [-0.1, -0.05) is 119 Å². The van der Waals surface area contributed by atoms with Crippen LogP contribution in [0.3, 0.4) is 0 Å². The normalized spacial score (nSPS) is 18.6. The molecule has 0 spiro atoms. The fourth-order valence-electron chi connectivity index (χ4n) is 9.54. The molecule has 302 valence electrons. The number of hydrogen-bond acceptors (Lipinski definition) is 3. The molecule has 9 rings (SSSR count). The van der Waals surface area contributed by atoms with Crippen molar-refractivity contribution in [1.82, 2.24) is 9.55 Å². The summed E-state index contributed by atoms with van der Waals surface area (Å²) in [6, 6.07) is 39.2. The van der Waals surface area contributed by atoms with E-state index in [2.05, 4.69) is 185 Å². The van der Waals surface area contributed by atoms with Crippen molar-refractivity contribution in [2.24, 2.45) is 4.99 Å². The van der Waals surface area contributed by atoms with Crippen LogP contribution in [0.2, 0.25) is 0 Å². The van der Waals surface area contributed by atoms with Gasteiger partial charge in [-0.25, -0.2) is 0 Å². The number of rotatable bonds is 6. The molecular formula is C54H55N3OPt. The standard InChI is InChI=1S/C54H55N3O.Pt/c1-31(2)41-14-13-15-42(32(3)4)50(41)37-25-38(51-56-54(12)46-20-17-34(6)35(7)45(46)30-53(54,11)58-51)27-40(26-37)57-48-21-16-33(5)24-44(48)43-19-18-36(28-49(43)57)47-29-39(22-23-55-47)52(8,9)10;/h13-26,29,31-32H,30H2,1-12H3;/q-2;+2/t53-,54+;/m0./s1. The molecule has 2 aliphatic rings. The van der Waals surface area contributed by atoms with Crippen molar-refractivity contribution in [3.05, 3.63) is 153 Å². The minimum Gasteiger partial charge on any atom is -0.511 e. The fraction of sp³-hybridized carbons (Fsp3) is 0.333. The Balaban J connectivity index is 0.00000484. The molecule has 59 heavy (non-hydrogen) atoms. The summed E-state index contributed by atoms with van der Waals surface area (Å²) < 4.78 is 9.51. The van der Waals surface area contributed by atoms with Crippen molar-refractivity contribution < 1.29 is 25.8 Å². The first kappa shape index (κ1) is 41.0. The third-order valence-corrected chi connectivity index (χ3v) is 13.3. The van der Waals surface area contributed by atoms with E-state index in [1.165, 1.54) is 55.5 Å². The zero-order valence-corrected chi connectivity index (χ0v) is 38.9. The average Bonchev–Trinajstić information content (AvgIpc) is 3.73. The number of fused-ring (bicyclic) bond motifs is 6. The maximum atomic E-state index is 7.16. The molecule has 0 amide bonds. The molecule has 7 aromatic rings. The summed E-state index contributed by atoms with van der Waals surface area (Å²) in [4.78, 5) is 10.4. The van der Waals surface area contributed by atoms with E-state index in [1.807, 2.05) is 6.20 Å². The van der Waals surface area contributed by atoms with Crippen molar-refractivity contribution >= 4 is 27.7 Å². The van der Waals surface area contributed by atoms with Crippen molar-refractivity contribution in [2.45, 2.75) is 118 Å². The number of aliphatic imine (C=N–C) groups is 1. The number of pyridine rings is 1. The Morgan fingerprint density at radius 3 is 2.20 bits per heavy atom. The molecule has 5 aromatic carbocycles. The monoisotopic (exact) mass is 956 g/mol. The Kier molecular flexibility index (Phi) is 10.0. The van der Waals surface area contributed by atoms with Crippen LogP contribution < -0.4 is 0 Å². The van der Waals surface area contributed by atoms with Crippen molar-refractivity contribution in [3.8, 4) is 28.1 Å². The third-order valence-electron chi connectivity index (χ3n) is 13.3. The molecule has 5 heteroatoms. The van der Waals surface area contributed by atoms with Crippen LogP contribution in [0.25, 0.3) is 49.9 Å². The first-order chi connectivity index (χ1) is 27.5. The summed E-state index contributed by atoms with van der Waals surface area (Å²) in [5, 5.41) is 2.33. The first-order valence-electron chi connectivity index (χ1n) is 21.0. The first-order valence-corrected chi connectivity index (χ1v) is 21.0. The van der Waals surface area contributed by atoms with Crippen LogP contribution in [-0.4, -0.2) is 21.0 Å². The molecule has 2 atom stereocenters. The minimum absolute atomic E-state index is 0. The van der Waals surface area contributed by atoms with Gasteiger partial charge in [0.05, 0.1) is 0 Å². The predicted molar refractivity (Wildman–Crippen MR) is 242 cm³/mol. The fourth-order valence-corrected chi connectivity index (χ4v) is 9.54. The SMILES string of the molecule is Cc1ccc2c(c1)c1ccc(-c3cc(C(C)(C)C)ccn3)[c-]c1n2-c1[c-]c(C2=N[C@]3(C)c4ccc(C)c(C)c4C[C@]3(C)O2)cc(-c2c(C(C)C)cccc2C(C)C)c1.[Pt+2]. The summed E-state index contributed by atoms with van der Waals surface area (Å²) >= 11 is 0. The van der Waals surface area contributed by atoms with Gasteiger partial charge in [-0.3, -0.25) is 4.99 Å². The smallest absolute Gasteiger partial charge is 0.511 e. The molecule has 2 aromatic heterocycles. The second kappa shape index (κ2) is 14.4. The van der Waals surface area contributed by atoms with Gasteiger partial charge < -0.3 is 14.3 Å². The van der Waals surface area contributed by atoms with E-state index in [-0.39, 0.29) is 26.5 Å². The number of nitrogens with zero attached hydrogens (tertiary/aromatic N) is 3. The summed E-state index contributed by atoms with van der Waals surface area (Å²) in [6.07, 6.45) is 2.74. The topological polar surface area (TPSA) is 39.4 Å². The van der Waals surface area contributed by atoms with Crippen LogP contribution in [0.15, 0.2) is 96.1 Å². The Bertz CT molecular complexity index is 2830. The zero-order valence-electron chi connectivity index (χ0n) is 36.6. The Morgan fingerprint density at radius 1 is 0.780 bits per heavy atom. The Morgan fingerprint density at radius 2 is 1.51 bits per heavy atom. The molecule has 4 nitrogen and oxygen atoms in total. The maximum Gasteiger partial charge on any atom is 2.00 e. The van der Waals surface area contributed by atoms with Crippen LogP contribution in [0.5, 0.6) is 0 Å². The largest absolute Gasteiger partial charge is 2.00 e. The predicted octanol–water partition coefficient (Wildman–Crippen LogP) is 13.6. The molecule has 0 saturated carbocycles. The number of benzene rings is 5. The summed E-state index contributed by atoms with van der Waals surface area (Å²) in [5.74, 6) is 1.30. The van der Waals surface area contributed by atoms with Crippen LogP contribution in [0, 0.1) is 32.9 Å². The van der Waals surface area contributed by atoms with E-state index in [9.17, 15) is 0 Å². The van der Waals surface area contributed by atoms with Crippen molar-refractivity contribution in [3.63, 3.8) is 0 Å². The molecule has 0 saturated heterocycles. The molecule has 0 radical (unpaired) electrons. The quantitative estimate of drug-likeness (QED) is 0.156. The van der Waals surface area contributed by atoms with Gasteiger partial charge >= 0.3 is 21.1 Å². The van der Waals surface area contributed by atoms with Gasteiger partial charge in [0.25, 0.3) is 0 Å². The second-order valence-electron chi connectivity index (χ2n) is 19.0. The summed E-state index contributed by atoms with van der Waals surface area (Å²) in [7, 11) is 0. The van der Waals surface area contributed by atoms with Gasteiger partial charge in [0.1, 0.15) is 17.0 Å².